The van der Waals surface area contributed by atoms with Crippen molar-refractivity contribution in [3.8, 4) is 0 Å². The van der Waals surface area contributed by atoms with Gasteiger partial charge in [-0.05, 0) is 31.0 Å². The molecule has 1 unspecified atom stereocenters. The number of piperidine rings is 1. The van der Waals surface area contributed by atoms with Crippen LogP contribution in [0.1, 0.15) is 23.2 Å². The molecule has 0 radical (unpaired) electrons. The summed E-state index contributed by atoms with van der Waals surface area (Å²) < 4.78 is 0. The number of carboxylic acid groups (broad SMARTS) is 1. The maximum absolute atomic E-state index is 12.7. The normalized spacial score (nSPS) is 17.3. The minimum Gasteiger partial charge on any atom is -0.481 e. The number of halogens is 1. The van der Waals surface area contributed by atoms with E-state index in [0.717, 1.165) is 0 Å². The van der Waals surface area contributed by atoms with Crippen LogP contribution in [0, 0.1) is 5.92 Å². The number of carbonyl (C=O) groups excluding carboxylic acids is 2. The molecule has 1 saturated heterocycles. The molecule has 0 aliphatic carbocycles. The second-order valence-electron chi connectivity index (χ2n) is 5.95. The molecule has 1 aliphatic rings. The lowest BCUT2D eigenvalue weighted by Crippen LogP contribution is -2.42. The molecule has 1 aliphatic heterocycles. The van der Waals surface area contributed by atoms with E-state index >= 15 is 0 Å². The van der Waals surface area contributed by atoms with Crippen molar-refractivity contribution in [1.29, 1.82) is 0 Å². The smallest absolute Gasteiger partial charge is 0.321 e. The molecule has 2 N–H and O–H groups in total. The highest BCUT2D eigenvalue weighted by molar-refractivity contribution is 6.34. The Hall–Kier alpha value is -2.28. The fourth-order valence-corrected chi connectivity index (χ4v) is 2.73. The molecule has 8 heteroatoms. The first kappa shape index (κ1) is 18.1. The van der Waals surface area contributed by atoms with Gasteiger partial charge in [0.05, 0.1) is 16.5 Å². The molecule has 24 heavy (non-hydrogen) atoms. The first-order valence-electron chi connectivity index (χ1n) is 7.59. The van der Waals surface area contributed by atoms with Crippen molar-refractivity contribution >= 4 is 35.2 Å². The van der Waals surface area contributed by atoms with Crippen molar-refractivity contribution < 1.29 is 19.5 Å². The van der Waals surface area contributed by atoms with E-state index in [1.54, 1.807) is 26.2 Å². The maximum Gasteiger partial charge on any atom is 0.321 e. The summed E-state index contributed by atoms with van der Waals surface area (Å²) in [6.45, 7) is 0.659. The third kappa shape index (κ3) is 4.17. The quantitative estimate of drug-likeness (QED) is 0.872. The van der Waals surface area contributed by atoms with E-state index in [-0.39, 0.29) is 29.1 Å². The van der Waals surface area contributed by atoms with Gasteiger partial charge in [0.25, 0.3) is 5.91 Å². The van der Waals surface area contributed by atoms with Gasteiger partial charge in [-0.3, -0.25) is 9.59 Å². The number of carbonyl (C=O) groups is 3. The number of hydrogen-bond acceptors (Lipinski definition) is 3. The lowest BCUT2D eigenvalue weighted by atomic mass is 9.97. The summed E-state index contributed by atoms with van der Waals surface area (Å²) in [7, 11) is 3.22. The van der Waals surface area contributed by atoms with Gasteiger partial charge in [-0.1, -0.05) is 11.6 Å². The Kier molecular flexibility index (Phi) is 5.66. The van der Waals surface area contributed by atoms with Gasteiger partial charge in [-0.2, -0.15) is 0 Å². The van der Waals surface area contributed by atoms with Gasteiger partial charge in [0.2, 0.25) is 0 Å². The van der Waals surface area contributed by atoms with Gasteiger partial charge in [0.15, 0.2) is 0 Å². The van der Waals surface area contributed by atoms with Crippen molar-refractivity contribution in [2.24, 2.45) is 5.92 Å². The molecular weight excluding hydrogens is 334 g/mol. The number of amides is 3. The van der Waals surface area contributed by atoms with Gasteiger partial charge in [-0.25, -0.2) is 4.79 Å². The number of urea groups is 1. The molecular formula is C16H20ClN3O4. The summed E-state index contributed by atoms with van der Waals surface area (Å²) in [6.07, 6.45) is 1.20. The third-order valence-corrected chi connectivity index (χ3v) is 4.24. The van der Waals surface area contributed by atoms with Crippen LogP contribution in [0.5, 0.6) is 0 Å². The molecule has 0 spiro atoms. The van der Waals surface area contributed by atoms with Crippen LogP contribution in [-0.2, 0) is 4.79 Å². The Bertz CT molecular complexity index is 663. The molecule has 1 heterocycles. The first-order valence-corrected chi connectivity index (χ1v) is 7.97. The summed E-state index contributed by atoms with van der Waals surface area (Å²) in [5, 5.41) is 12.1. The summed E-state index contributed by atoms with van der Waals surface area (Å²) in [6, 6.07) is 4.34. The minimum absolute atomic E-state index is 0.165. The lowest BCUT2D eigenvalue weighted by Gasteiger charge is -2.31. The zero-order valence-electron chi connectivity index (χ0n) is 13.6. The summed E-state index contributed by atoms with van der Waals surface area (Å²) in [5.74, 6) is -1.78. The van der Waals surface area contributed by atoms with Crippen LogP contribution in [0.3, 0.4) is 0 Å². The van der Waals surface area contributed by atoms with Crippen LogP contribution in [0.2, 0.25) is 5.02 Å². The van der Waals surface area contributed by atoms with Crippen molar-refractivity contribution in [1.82, 2.24) is 9.80 Å². The zero-order chi connectivity index (χ0) is 17.9. The predicted octanol–water partition coefficient (Wildman–Crippen LogP) is 2.37. The number of rotatable bonds is 3. The van der Waals surface area contributed by atoms with E-state index in [0.29, 0.717) is 25.1 Å². The van der Waals surface area contributed by atoms with Crippen LogP contribution in [0.25, 0.3) is 0 Å². The van der Waals surface area contributed by atoms with Crippen molar-refractivity contribution in [2.75, 3.05) is 32.5 Å². The van der Waals surface area contributed by atoms with Gasteiger partial charge in [-0.15, -0.1) is 0 Å². The van der Waals surface area contributed by atoms with Gasteiger partial charge in [0.1, 0.15) is 0 Å². The van der Waals surface area contributed by atoms with Crippen LogP contribution in [0.15, 0.2) is 18.2 Å². The summed E-state index contributed by atoms with van der Waals surface area (Å²) in [5.41, 5.74) is 0.701. The molecule has 7 nitrogen and oxygen atoms in total. The predicted molar refractivity (Wildman–Crippen MR) is 90.4 cm³/mol. The lowest BCUT2D eigenvalue weighted by molar-refractivity contribution is -0.143. The highest BCUT2D eigenvalue weighted by Crippen LogP contribution is 2.25. The maximum atomic E-state index is 12.7. The number of hydrogen-bond donors (Lipinski definition) is 2. The average Bonchev–Trinajstić information content (AvgIpc) is 2.55. The van der Waals surface area contributed by atoms with Gasteiger partial charge >= 0.3 is 12.0 Å². The molecule has 1 fully saturated rings. The molecule has 0 bridgehead atoms. The highest BCUT2D eigenvalue weighted by Gasteiger charge is 2.29. The molecule has 0 saturated carbocycles. The number of anilines is 1. The molecule has 3 amide bonds. The number of nitrogens with zero attached hydrogens (tertiary/aromatic N) is 2. The van der Waals surface area contributed by atoms with Crippen LogP contribution in [-0.4, -0.2) is 60.0 Å². The summed E-state index contributed by atoms with van der Waals surface area (Å²) in [4.78, 5) is 38.4. The van der Waals surface area contributed by atoms with E-state index in [2.05, 4.69) is 5.32 Å². The third-order valence-electron chi connectivity index (χ3n) is 3.91. The number of aliphatic carboxylic acids is 1. The Labute approximate surface area is 145 Å². The Morgan fingerprint density at radius 3 is 2.67 bits per heavy atom. The van der Waals surface area contributed by atoms with Crippen LogP contribution in [0.4, 0.5) is 10.5 Å². The van der Waals surface area contributed by atoms with Crippen LogP contribution < -0.4 is 5.32 Å². The largest absolute Gasteiger partial charge is 0.481 e. The standard InChI is InChI=1S/C16H20ClN3O4/c1-19(2)16(24)18-11-5-6-13(17)12(8-11)14(21)20-7-3-4-10(9-20)15(22)23/h5-6,8,10H,3-4,7,9H2,1-2H3,(H,18,24)(H,22,23). The zero-order valence-corrected chi connectivity index (χ0v) is 14.3. The highest BCUT2D eigenvalue weighted by atomic mass is 35.5. The Balaban J connectivity index is 2.19. The first-order chi connectivity index (χ1) is 11.3. The Morgan fingerprint density at radius 1 is 1.33 bits per heavy atom. The fraction of sp³-hybridized carbons (Fsp3) is 0.438. The molecule has 1 atom stereocenters. The second kappa shape index (κ2) is 7.53. The number of likely N-dealkylation sites (tertiary alicyclic amines) is 1. The van der Waals surface area contributed by atoms with E-state index in [1.807, 2.05) is 0 Å². The van der Waals surface area contributed by atoms with E-state index in [9.17, 15) is 14.4 Å². The molecule has 1 aromatic rings. The summed E-state index contributed by atoms with van der Waals surface area (Å²) >= 11 is 6.12. The molecule has 0 aromatic heterocycles. The second-order valence-corrected chi connectivity index (χ2v) is 6.35. The fourth-order valence-electron chi connectivity index (χ4n) is 2.54. The molecule has 1 aromatic carbocycles. The van der Waals surface area contributed by atoms with Gasteiger partial charge in [0, 0.05) is 32.9 Å². The monoisotopic (exact) mass is 353 g/mol. The molecule has 2 rings (SSSR count). The van der Waals surface area contributed by atoms with Crippen LogP contribution >= 0.6 is 11.6 Å². The van der Waals surface area contributed by atoms with E-state index in [1.165, 1.54) is 15.9 Å². The Morgan fingerprint density at radius 2 is 2.04 bits per heavy atom. The number of benzene rings is 1. The van der Waals surface area contributed by atoms with Crippen molar-refractivity contribution in [3.63, 3.8) is 0 Å². The van der Waals surface area contributed by atoms with Gasteiger partial charge < -0.3 is 20.2 Å². The number of nitrogens with one attached hydrogen (secondary N) is 1. The topological polar surface area (TPSA) is 90.0 Å². The van der Waals surface area contributed by atoms with E-state index in [4.69, 9.17) is 16.7 Å². The van der Waals surface area contributed by atoms with Crippen molar-refractivity contribution in [3.05, 3.63) is 28.8 Å². The minimum atomic E-state index is -0.898. The average molecular weight is 354 g/mol. The number of carboxylic acids is 1. The SMILES string of the molecule is CN(C)C(=O)Nc1ccc(Cl)c(C(=O)N2CCCC(C(=O)O)C2)c1. The van der Waals surface area contributed by atoms with E-state index < -0.39 is 11.9 Å². The molecule has 130 valence electrons. The van der Waals surface area contributed by atoms with Crippen molar-refractivity contribution in [2.45, 2.75) is 12.8 Å².